The first-order valence-corrected chi connectivity index (χ1v) is 15.5. The number of carbonyl (C=O) groups is 1. The number of fused-ring (bicyclic) bond motifs is 3. The molecule has 3 aliphatic carbocycles. The van der Waals surface area contributed by atoms with Crippen LogP contribution in [0.5, 0.6) is 0 Å². The number of hydrogen-bond donors (Lipinski definition) is 0. The highest BCUT2D eigenvalue weighted by atomic mass is 127. The van der Waals surface area contributed by atoms with Gasteiger partial charge in [-0.25, -0.2) is 0 Å². The van der Waals surface area contributed by atoms with E-state index in [9.17, 15) is 4.79 Å². The minimum absolute atomic E-state index is 0.408. The van der Waals surface area contributed by atoms with E-state index in [4.69, 9.17) is 4.18 Å². The first-order chi connectivity index (χ1) is 14.6. The molecule has 4 heteroatoms. The molecule has 170 valence electrons. The van der Waals surface area contributed by atoms with E-state index < -0.39 is 0 Å². The number of halogens is 1. The van der Waals surface area contributed by atoms with Gasteiger partial charge in [0.1, 0.15) is 6.29 Å². The molecule has 3 saturated carbocycles. The molecule has 0 radical (unpaired) electrons. The zero-order valence-corrected chi connectivity index (χ0v) is 22.1. The van der Waals surface area contributed by atoms with Gasteiger partial charge in [-0.15, -0.1) is 6.58 Å². The molecular weight excluding hydrogens is 503 g/mol. The molecule has 2 nitrogen and oxygen atoms in total. The number of carbonyl (C=O) groups excluding carboxylic acids is 1. The average molecular weight is 545 g/mol. The third-order valence-electron chi connectivity index (χ3n) is 9.29. The van der Waals surface area contributed by atoms with Crippen molar-refractivity contribution in [1.29, 1.82) is 0 Å². The van der Waals surface area contributed by atoms with Crippen molar-refractivity contribution in [2.75, 3.05) is 6.61 Å². The quantitative estimate of drug-likeness (QED) is 0.0911. The lowest BCUT2D eigenvalue weighted by Crippen LogP contribution is -2.49. The van der Waals surface area contributed by atoms with E-state index in [1.807, 2.05) is 6.08 Å². The molecule has 0 aromatic carbocycles. The van der Waals surface area contributed by atoms with Gasteiger partial charge in [-0.3, -0.25) is 4.79 Å². The van der Waals surface area contributed by atoms with E-state index in [-0.39, 0.29) is 0 Å². The SMILES string of the molecule is C=CCCC1C(C)CC2C3CC(COSI)/C(=C/C=O)C(CCC)C3CCC12CC. The fraction of sp³-hybridized carbons (Fsp3) is 0.808. The highest BCUT2D eigenvalue weighted by Crippen LogP contribution is 2.67. The van der Waals surface area contributed by atoms with Crippen LogP contribution in [-0.4, -0.2) is 12.9 Å². The van der Waals surface area contributed by atoms with Crippen LogP contribution in [0.1, 0.15) is 78.6 Å². The zero-order chi connectivity index (χ0) is 21.7. The molecule has 8 unspecified atom stereocenters. The molecule has 0 spiro atoms. The molecule has 0 heterocycles. The molecule has 3 rings (SSSR count). The van der Waals surface area contributed by atoms with Crippen molar-refractivity contribution >= 4 is 36.7 Å². The molecule has 0 aromatic heterocycles. The molecule has 0 bridgehead atoms. The maximum Gasteiger partial charge on any atom is 0.142 e. The second-order valence-electron chi connectivity index (χ2n) is 10.2. The second kappa shape index (κ2) is 11.4. The Hall–Kier alpha value is 0.190. The third-order valence-corrected chi connectivity index (χ3v) is 10.3. The van der Waals surface area contributed by atoms with E-state index in [1.165, 1.54) is 66.2 Å². The molecule has 0 aliphatic heterocycles. The van der Waals surface area contributed by atoms with Gasteiger partial charge >= 0.3 is 0 Å². The molecule has 0 aromatic rings. The first-order valence-electron chi connectivity index (χ1n) is 12.2. The van der Waals surface area contributed by atoms with E-state index >= 15 is 0 Å². The van der Waals surface area contributed by atoms with Crippen LogP contribution < -0.4 is 0 Å². The molecule has 0 N–H and O–H groups in total. The number of rotatable bonds is 10. The van der Waals surface area contributed by atoms with Crippen LogP contribution in [-0.2, 0) is 8.98 Å². The van der Waals surface area contributed by atoms with Gasteiger partial charge in [-0.2, -0.15) is 0 Å². The molecule has 30 heavy (non-hydrogen) atoms. The average Bonchev–Trinajstić information content (AvgIpc) is 3.04. The van der Waals surface area contributed by atoms with Crippen LogP contribution in [0.3, 0.4) is 0 Å². The fourth-order valence-electron chi connectivity index (χ4n) is 8.29. The Morgan fingerprint density at radius 1 is 1.27 bits per heavy atom. The summed E-state index contributed by atoms with van der Waals surface area (Å²) >= 11 is 2.22. The molecule has 0 saturated heterocycles. The zero-order valence-electron chi connectivity index (χ0n) is 19.2. The predicted molar refractivity (Wildman–Crippen MR) is 137 cm³/mol. The van der Waals surface area contributed by atoms with E-state index in [1.54, 1.807) is 0 Å². The highest BCUT2D eigenvalue weighted by Gasteiger charge is 2.59. The monoisotopic (exact) mass is 544 g/mol. The summed E-state index contributed by atoms with van der Waals surface area (Å²) in [6, 6.07) is 0. The molecule has 3 aliphatic rings. The number of hydrogen-bond acceptors (Lipinski definition) is 3. The molecule has 8 atom stereocenters. The summed E-state index contributed by atoms with van der Waals surface area (Å²) in [5, 5.41) is 0. The Labute approximate surface area is 201 Å². The minimum atomic E-state index is 0.408. The maximum absolute atomic E-state index is 11.5. The largest absolute Gasteiger partial charge is 0.305 e. The summed E-state index contributed by atoms with van der Waals surface area (Å²) in [7, 11) is 1.44. The summed E-state index contributed by atoms with van der Waals surface area (Å²) < 4.78 is 5.85. The van der Waals surface area contributed by atoms with Crippen molar-refractivity contribution in [2.24, 2.45) is 46.8 Å². The minimum Gasteiger partial charge on any atom is -0.305 e. The standard InChI is InChI=1S/C26H41IO2S/c1-5-8-10-24-18(4)15-25-23-16-19(17-29-30-27)20(12-14-28)21(9-6-2)22(23)11-13-26(24,25)7-3/h5,12,14,18-19,21-25H,1,6-11,13,15-17H2,2-4H3/b20-12-. The number of allylic oxidation sites excluding steroid dienone is 2. The van der Waals surface area contributed by atoms with E-state index in [2.05, 4.69) is 54.6 Å². The Balaban J connectivity index is 1.94. The van der Waals surface area contributed by atoms with Gasteiger partial charge in [0.2, 0.25) is 0 Å². The van der Waals surface area contributed by atoms with Crippen LogP contribution in [0.15, 0.2) is 24.3 Å². The summed E-state index contributed by atoms with van der Waals surface area (Å²) in [4.78, 5) is 11.5. The summed E-state index contributed by atoms with van der Waals surface area (Å²) in [5.74, 6) is 5.05. The maximum atomic E-state index is 11.5. The van der Waals surface area contributed by atoms with Crippen molar-refractivity contribution < 1.29 is 8.98 Å². The van der Waals surface area contributed by atoms with Gasteiger partial charge < -0.3 is 4.18 Å². The lowest BCUT2D eigenvalue weighted by molar-refractivity contribution is -0.104. The summed E-state index contributed by atoms with van der Waals surface area (Å²) in [6.07, 6.45) is 16.6. The predicted octanol–water partition coefficient (Wildman–Crippen LogP) is 8.22. The Morgan fingerprint density at radius 2 is 2.07 bits per heavy atom. The van der Waals surface area contributed by atoms with Crippen LogP contribution in [0.2, 0.25) is 0 Å². The van der Waals surface area contributed by atoms with Crippen LogP contribution in [0, 0.1) is 46.8 Å². The smallest absolute Gasteiger partial charge is 0.142 e. The van der Waals surface area contributed by atoms with Gasteiger partial charge in [0.25, 0.3) is 0 Å². The van der Waals surface area contributed by atoms with Crippen molar-refractivity contribution in [3.63, 3.8) is 0 Å². The molecule has 3 fully saturated rings. The number of aldehydes is 1. The van der Waals surface area contributed by atoms with Gasteiger partial charge in [0.15, 0.2) is 0 Å². The molecular formula is C26H41IO2S. The van der Waals surface area contributed by atoms with Crippen LogP contribution in [0.25, 0.3) is 0 Å². The van der Waals surface area contributed by atoms with Crippen molar-refractivity contribution in [1.82, 2.24) is 0 Å². The van der Waals surface area contributed by atoms with Gasteiger partial charge in [-0.05, 0) is 98.4 Å². The van der Waals surface area contributed by atoms with Gasteiger partial charge in [0, 0.05) is 27.1 Å². The topological polar surface area (TPSA) is 26.3 Å². The van der Waals surface area contributed by atoms with E-state index in [0.29, 0.717) is 17.3 Å². The summed E-state index contributed by atoms with van der Waals surface area (Å²) in [5.41, 5.74) is 1.92. The van der Waals surface area contributed by atoms with Crippen molar-refractivity contribution in [3.05, 3.63) is 24.3 Å². The Morgan fingerprint density at radius 3 is 2.70 bits per heavy atom. The van der Waals surface area contributed by atoms with Crippen LogP contribution in [0.4, 0.5) is 0 Å². The van der Waals surface area contributed by atoms with E-state index in [0.717, 1.165) is 48.9 Å². The molecule has 0 amide bonds. The van der Waals surface area contributed by atoms with Gasteiger partial charge in [-0.1, -0.05) is 38.8 Å². The lowest BCUT2D eigenvalue weighted by atomic mass is 9.49. The Bertz CT molecular complexity index is 620. The third kappa shape index (κ3) is 4.62. The van der Waals surface area contributed by atoms with Crippen molar-refractivity contribution in [2.45, 2.75) is 78.6 Å². The first kappa shape index (κ1) is 24.8. The van der Waals surface area contributed by atoms with Crippen molar-refractivity contribution in [3.8, 4) is 0 Å². The fourth-order valence-corrected chi connectivity index (χ4v) is 8.94. The van der Waals surface area contributed by atoms with Crippen LogP contribution >= 0.6 is 30.4 Å². The lowest BCUT2D eigenvalue weighted by Gasteiger charge is -2.56. The van der Waals surface area contributed by atoms with Gasteiger partial charge in [0.05, 0.1) is 15.8 Å². The Kier molecular flexibility index (Phi) is 9.40. The highest BCUT2D eigenvalue weighted by molar-refractivity contribution is 14.2. The normalized spacial score (nSPS) is 42.0. The second-order valence-corrected chi connectivity index (χ2v) is 11.7. The summed E-state index contributed by atoms with van der Waals surface area (Å²) in [6.45, 7) is 12.0.